The number of anilines is 1. The molecular weight excluding hydrogens is 336 g/mol. The third kappa shape index (κ3) is 3.98. The summed E-state index contributed by atoms with van der Waals surface area (Å²) in [6.45, 7) is 5.66. The monoisotopic (exact) mass is 356 g/mol. The average Bonchev–Trinajstić information content (AvgIpc) is 3.32. The number of hydrogen-bond donors (Lipinski definition) is 1. The molecule has 130 valence electrons. The molecule has 0 spiro atoms. The average molecular weight is 356 g/mol. The van der Waals surface area contributed by atoms with Crippen molar-refractivity contribution >= 4 is 28.5 Å². The maximum absolute atomic E-state index is 12.3. The Morgan fingerprint density at radius 1 is 1.60 bits per heavy atom. The van der Waals surface area contributed by atoms with Gasteiger partial charge in [-0.05, 0) is 44.4 Å². The Morgan fingerprint density at radius 2 is 2.44 bits per heavy atom. The number of carbonyl (C=O) groups is 1. The van der Waals surface area contributed by atoms with Crippen LogP contribution in [-0.4, -0.2) is 28.2 Å². The minimum Gasteiger partial charge on any atom is -0.376 e. The van der Waals surface area contributed by atoms with E-state index in [2.05, 4.69) is 14.9 Å². The van der Waals surface area contributed by atoms with Crippen molar-refractivity contribution in [3.8, 4) is 6.07 Å². The van der Waals surface area contributed by atoms with Crippen LogP contribution in [0.1, 0.15) is 29.8 Å². The lowest BCUT2D eigenvalue weighted by molar-refractivity contribution is -0.112. The molecule has 2 aromatic rings. The Morgan fingerprint density at radius 3 is 3.08 bits per heavy atom. The zero-order valence-electron chi connectivity index (χ0n) is 14.3. The lowest BCUT2D eigenvalue weighted by atomic mass is 10.1. The molecule has 7 heteroatoms. The molecule has 1 amide bonds. The van der Waals surface area contributed by atoms with E-state index in [1.165, 1.54) is 11.3 Å². The van der Waals surface area contributed by atoms with E-state index in [0.717, 1.165) is 42.9 Å². The summed E-state index contributed by atoms with van der Waals surface area (Å²) in [6, 6.07) is 3.98. The SMILES string of the molecule is Cc1cc(/C=C(\C#N)C(=O)Nc2nccs2)c(C)n1CC1CCCO1. The number of nitriles is 1. The number of hydrogen-bond acceptors (Lipinski definition) is 5. The van der Waals surface area contributed by atoms with Gasteiger partial charge in [-0.2, -0.15) is 5.26 Å². The first kappa shape index (κ1) is 17.4. The smallest absolute Gasteiger partial charge is 0.268 e. The van der Waals surface area contributed by atoms with Gasteiger partial charge in [-0.1, -0.05) is 0 Å². The topological polar surface area (TPSA) is 79.9 Å². The summed E-state index contributed by atoms with van der Waals surface area (Å²) in [5.41, 5.74) is 3.06. The van der Waals surface area contributed by atoms with Crippen molar-refractivity contribution in [2.24, 2.45) is 0 Å². The number of rotatable bonds is 5. The number of nitrogens with one attached hydrogen (secondary N) is 1. The predicted octanol–water partition coefficient (Wildman–Crippen LogP) is 3.29. The number of aryl methyl sites for hydroxylation is 1. The van der Waals surface area contributed by atoms with E-state index in [-0.39, 0.29) is 11.7 Å². The normalized spacial score (nSPS) is 17.5. The van der Waals surface area contributed by atoms with Crippen LogP contribution in [0.2, 0.25) is 0 Å². The van der Waals surface area contributed by atoms with Gasteiger partial charge in [0.1, 0.15) is 11.6 Å². The minimum absolute atomic E-state index is 0.0626. The van der Waals surface area contributed by atoms with Crippen molar-refractivity contribution in [2.45, 2.75) is 39.3 Å². The summed E-state index contributed by atoms with van der Waals surface area (Å²) in [6.07, 6.45) is 5.66. The molecule has 25 heavy (non-hydrogen) atoms. The summed E-state index contributed by atoms with van der Waals surface area (Å²) < 4.78 is 7.91. The van der Waals surface area contributed by atoms with Crippen molar-refractivity contribution in [1.82, 2.24) is 9.55 Å². The summed E-state index contributed by atoms with van der Waals surface area (Å²) in [5.74, 6) is -0.443. The fourth-order valence-corrected chi connectivity index (χ4v) is 3.52. The summed E-state index contributed by atoms with van der Waals surface area (Å²) >= 11 is 1.32. The Kier molecular flexibility index (Phi) is 5.31. The highest BCUT2D eigenvalue weighted by Crippen LogP contribution is 2.22. The van der Waals surface area contributed by atoms with Crippen LogP contribution >= 0.6 is 11.3 Å². The maximum atomic E-state index is 12.3. The van der Waals surface area contributed by atoms with Crippen molar-refractivity contribution in [1.29, 1.82) is 5.26 Å². The Bertz CT molecular complexity index is 824. The summed E-state index contributed by atoms with van der Waals surface area (Å²) in [4.78, 5) is 16.3. The third-order valence-corrected chi connectivity index (χ3v) is 5.03. The van der Waals surface area contributed by atoms with Gasteiger partial charge >= 0.3 is 0 Å². The molecule has 0 aromatic carbocycles. The fourth-order valence-electron chi connectivity index (χ4n) is 3.00. The van der Waals surface area contributed by atoms with E-state index in [0.29, 0.717) is 5.13 Å². The summed E-state index contributed by atoms with van der Waals surface area (Å²) in [5, 5.41) is 14.3. The van der Waals surface area contributed by atoms with Crippen LogP contribution in [0.3, 0.4) is 0 Å². The van der Waals surface area contributed by atoms with E-state index >= 15 is 0 Å². The van der Waals surface area contributed by atoms with E-state index in [1.807, 2.05) is 26.0 Å². The van der Waals surface area contributed by atoms with Gasteiger partial charge in [0.15, 0.2) is 5.13 Å². The number of thiazole rings is 1. The van der Waals surface area contributed by atoms with Crippen molar-refractivity contribution in [3.63, 3.8) is 0 Å². The van der Waals surface area contributed by atoms with Gasteiger partial charge < -0.3 is 9.30 Å². The molecule has 1 fully saturated rings. The largest absolute Gasteiger partial charge is 0.376 e. The second-order valence-corrected chi connectivity index (χ2v) is 6.93. The number of amides is 1. The van der Waals surface area contributed by atoms with Gasteiger partial charge in [0.25, 0.3) is 5.91 Å². The van der Waals surface area contributed by atoms with E-state index in [1.54, 1.807) is 17.7 Å². The Hall–Kier alpha value is -2.43. The zero-order valence-corrected chi connectivity index (χ0v) is 15.1. The standard InChI is InChI=1S/C18H20N4O2S/c1-12-8-14(13(2)22(12)11-16-4-3-6-24-16)9-15(10-19)17(23)21-18-20-5-7-25-18/h5,7-9,16H,3-4,6,11H2,1-2H3,(H,20,21,23)/b15-9+. The van der Waals surface area contributed by atoms with Crippen LogP contribution in [0.25, 0.3) is 6.08 Å². The molecule has 1 aliphatic heterocycles. The molecule has 0 radical (unpaired) electrons. The molecule has 1 atom stereocenters. The highest BCUT2D eigenvalue weighted by molar-refractivity contribution is 7.13. The molecule has 1 unspecified atom stereocenters. The highest BCUT2D eigenvalue weighted by Gasteiger charge is 2.19. The lowest BCUT2D eigenvalue weighted by Crippen LogP contribution is -2.17. The van der Waals surface area contributed by atoms with Gasteiger partial charge in [0.05, 0.1) is 6.10 Å². The Balaban J connectivity index is 1.81. The molecule has 3 rings (SSSR count). The molecule has 0 saturated carbocycles. The van der Waals surface area contributed by atoms with Gasteiger partial charge in [0.2, 0.25) is 0 Å². The second kappa shape index (κ2) is 7.64. The zero-order chi connectivity index (χ0) is 17.8. The van der Waals surface area contributed by atoms with Gasteiger partial charge in [-0.25, -0.2) is 4.98 Å². The first-order valence-electron chi connectivity index (χ1n) is 8.19. The number of nitrogens with zero attached hydrogens (tertiary/aromatic N) is 3. The third-order valence-electron chi connectivity index (χ3n) is 4.34. The molecule has 0 bridgehead atoms. The minimum atomic E-state index is -0.443. The number of aromatic nitrogens is 2. The van der Waals surface area contributed by atoms with Gasteiger partial charge in [0, 0.05) is 36.1 Å². The van der Waals surface area contributed by atoms with Crippen LogP contribution in [0, 0.1) is 25.2 Å². The van der Waals surface area contributed by atoms with Crippen LogP contribution in [0.5, 0.6) is 0 Å². The molecule has 1 N–H and O–H groups in total. The van der Waals surface area contributed by atoms with Crippen LogP contribution < -0.4 is 5.32 Å². The predicted molar refractivity (Wildman–Crippen MR) is 97.2 cm³/mol. The second-order valence-electron chi connectivity index (χ2n) is 6.03. The molecule has 0 aliphatic carbocycles. The van der Waals surface area contributed by atoms with Crippen molar-refractivity contribution in [3.05, 3.63) is 40.2 Å². The van der Waals surface area contributed by atoms with Crippen molar-refractivity contribution < 1.29 is 9.53 Å². The molecular formula is C18H20N4O2S. The van der Waals surface area contributed by atoms with E-state index < -0.39 is 5.91 Å². The fraction of sp³-hybridized carbons (Fsp3) is 0.389. The van der Waals surface area contributed by atoms with Crippen LogP contribution in [0.4, 0.5) is 5.13 Å². The van der Waals surface area contributed by atoms with Gasteiger partial charge in [-0.15, -0.1) is 11.3 Å². The van der Waals surface area contributed by atoms with Crippen molar-refractivity contribution in [2.75, 3.05) is 11.9 Å². The molecule has 1 saturated heterocycles. The number of carbonyl (C=O) groups excluding carboxylic acids is 1. The highest BCUT2D eigenvalue weighted by atomic mass is 32.1. The molecule has 3 heterocycles. The summed E-state index contributed by atoms with van der Waals surface area (Å²) in [7, 11) is 0. The van der Waals surface area contributed by atoms with Crippen LogP contribution in [0.15, 0.2) is 23.2 Å². The maximum Gasteiger partial charge on any atom is 0.268 e. The van der Waals surface area contributed by atoms with E-state index in [9.17, 15) is 10.1 Å². The lowest BCUT2D eigenvalue weighted by Gasteiger charge is -2.14. The quantitative estimate of drug-likeness (QED) is 0.658. The first-order chi connectivity index (χ1) is 12.1. The molecule has 2 aromatic heterocycles. The van der Waals surface area contributed by atoms with Crippen LogP contribution in [-0.2, 0) is 16.1 Å². The van der Waals surface area contributed by atoms with Gasteiger partial charge in [-0.3, -0.25) is 10.1 Å². The first-order valence-corrected chi connectivity index (χ1v) is 9.07. The molecule has 6 nitrogen and oxygen atoms in total. The Labute approximate surface area is 150 Å². The number of ether oxygens (including phenoxy) is 1. The van der Waals surface area contributed by atoms with E-state index in [4.69, 9.17) is 4.74 Å². The molecule has 1 aliphatic rings.